The van der Waals surface area contributed by atoms with Crippen molar-refractivity contribution in [2.45, 2.75) is 13.5 Å². The zero-order valence-electron chi connectivity index (χ0n) is 14.2. The minimum Gasteiger partial charge on any atom is -0.504 e. The SMILES string of the molecule is CCOc1cc(/C=C2\SC(=O)N(Cc3ccc(Cl)cc3)C2=O)c(Br)cc1O. The van der Waals surface area contributed by atoms with Crippen LogP contribution in [-0.4, -0.2) is 27.8 Å². The highest BCUT2D eigenvalue weighted by molar-refractivity contribution is 9.10. The lowest BCUT2D eigenvalue weighted by molar-refractivity contribution is -0.123. The summed E-state index contributed by atoms with van der Waals surface area (Å²) in [5, 5.41) is 10.2. The number of benzene rings is 2. The maximum atomic E-state index is 12.7. The van der Waals surface area contributed by atoms with E-state index in [1.165, 1.54) is 11.0 Å². The van der Waals surface area contributed by atoms with Crippen LogP contribution < -0.4 is 4.74 Å². The van der Waals surface area contributed by atoms with Crippen molar-refractivity contribution in [2.24, 2.45) is 0 Å². The maximum Gasteiger partial charge on any atom is 0.293 e. The molecule has 1 N–H and O–H groups in total. The van der Waals surface area contributed by atoms with Gasteiger partial charge in [-0.3, -0.25) is 14.5 Å². The summed E-state index contributed by atoms with van der Waals surface area (Å²) in [5.41, 5.74) is 1.45. The van der Waals surface area contributed by atoms with Crippen LogP contribution in [0.25, 0.3) is 6.08 Å². The molecule has 0 aliphatic carbocycles. The first-order chi connectivity index (χ1) is 12.9. The lowest BCUT2D eigenvalue weighted by Gasteiger charge is -2.12. The number of imide groups is 1. The fourth-order valence-electron chi connectivity index (χ4n) is 2.49. The van der Waals surface area contributed by atoms with E-state index in [4.69, 9.17) is 16.3 Å². The second kappa shape index (κ2) is 8.37. The quantitative estimate of drug-likeness (QED) is 0.592. The van der Waals surface area contributed by atoms with Gasteiger partial charge in [0.25, 0.3) is 11.1 Å². The van der Waals surface area contributed by atoms with Crippen LogP contribution in [0.3, 0.4) is 0 Å². The van der Waals surface area contributed by atoms with Crippen LogP contribution >= 0.6 is 39.3 Å². The Kier molecular flexibility index (Phi) is 6.14. The van der Waals surface area contributed by atoms with E-state index in [1.54, 1.807) is 36.4 Å². The second-order valence-electron chi connectivity index (χ2n) is 5.67. The standard InChI is InChI=1S/C19H15BrClNO4S/c1-2-26-16-7-12(14(20)9-15(16)23)8-17-18(24)22(19(25)27-17)10-11-3-5-13(21)6-4-11/h3-9,23H,2,10H2,1H3/b17-8-. The van der Waals surface area contributed by atoms with Gasteiger partial charge in [0, 0.05) is 9.50 Å². The summed E-state index contributed by atoms with van der Waals surface area (Å²) < 4.78 is 5.97. The van der Waals surface area contributed by atoms with Gasteiger partial charge in [-0.1, -0.05) is 39.7 Å². The van der Waals surface area contributed by atoms with Gasteiger partial charge in [-0.15, -0.1) is 0 Å². The molecule has 5 nitrogen and oxygen atoms in total. The normalized spacial score (nSPS) is 15.7. The Bertz CT molecular complexity index is 930. The monoisotopic (exact) mass is 467 g/mol. The van der Waals surface area contributed by atoms with E-state index < -0.39 is 0 Å². The Balaban J connectivity index is 1.86. The van der Waals surface area contributed by atoms with Gasteiger partial charge in [-0.05, 0) is 60.2 Å². The molecule has 1 aliphatic heterocycles. The van der Waals surface area contributed by atoms with Crippen molar-refractivity contribution < 1.29 is 19.4 Å². The number of rotatable bonds is 5. The van der Waals surface area contributed by atoms with Crippen LogP contribution in [0, 0.1) is 0 Å². The van der Waals surface area contributed by atoms with E-state index in [9.17, 15) is 14.7 Å². The Morgan fingerprint density at radius 3 is 2.63 bits per heavy atom. The molecule has 1 aliphatic rings. The molecule has 27 heavy (non-hydrogen) atoms. The number of carbonyl (C=O) groups excluding carboxylic acids is 2. The van der Waals surface area contributed by atoms with Gasteiger partial charge in [0.2, 0.25) is 0 Å². The molecule has 0 aromatic heterocycles. The Hall–Kier alpha value is -1.96. The number of hydrogen-bond donors (Lipinski definition) is 1. The fourth-order valence-corrected chi connectivity index (χ4v) is 3.89. The van der Waals surface area contributed by atoms with Crippen LogP contribution in [0.5, 0.6) is 11.5 Å². The number of amides is 2. The maximum absolute atomic E-state index is 12.7. The van der Waals surface area contributed by atoms with E-state index in [-0.39, 0.29) is 23.4 Å². The molecule has 0 atom stereocenters. The number of ether oxygens (including phenoxy) is 1. The molecule has 3 rings (SSSR count). The van der Waals surface area contributed by atoms with Crippen LogP contribution in [0.4, 0.5) is 4.79 Å². The van der Waals surface area contributed by atoms with Crippen molar-refractivity contribution in [3.05, 3.63) is 61.9 Å². The van der Waals surface area contributed by atoms with Gasteiger partial charge in [0.15, 0.2) is 11.5 Å². The first-order valence-electron chi connectivity index (χ1n) is 8.04. The number of halogens is 2. The summed E-state index contributed by atoms with van der Waals surface area (Å²) >= 11 is 10.1. The first-order valence-corrected chi connectivity index (χ1v) is 10.0. The molecule has 0 saturated carbocycles. The van der Waals surface area contributed by atoms with Crippen LogP contribution in [0.15, 0.2) is 45.8 Å². The summed E-state index contributed by atoms with van der Waals surface area (Å²) in [7, 11) is 0. The van der Waals surface area contributed by atoms with Crippen molar-refractivity contribution >= 4 is 56.5 Å². The third-order valence-electron chi connectivity index (χ3n) is 3.79. The van der Waals surface area contributed by atoms with Gasteiger partial charge in [0.1, 0.15) is 0 Å². The fraction of sp³-hybridized carbons (Fsp3) is 0.158. The number of nitrogens with zero attached hydrogens (tertiary/aromatic N) is 1. The van der Waals surface area contributed by atoms with Crippen molar-refractivity contribution in [1.29, 1.82) is 0 Å². The third-order valence-corrected chi connectivity index (χ3v) is 5.64. The predicted octanol–water partition coefficient (Wildman–Crippen LogP) is 5.44. The summed E-state index contributed by atoms with van der Waals surface area (Å²) in [5.74, 6) is -0.0538. The van der Waals surface area contributed by atoms with Gasteiger partial charge in [-0.25, -0.2) is 0 Å². The molecule has 0 unspecified atom stereocenters. The van der Waals surface area contributed by atoms with Gasteiger partial charge >= 0.3 is 0 Å². The van der Waals surface area contributed by atoms with Gasteiger partial charge in [-0.2, -0.15) is 0 Å². The molecule has 140 valence electrons. The Morgan fingerprint density at radius 1 is 1.26 bits per heavy atom. The summed E-state index contributed by atoms with van der Waals surface area (Å²) in [6, 6.07) is 10.1. The number of phenols is 1. The Morgan fingerprint density at radius 2 is 1.96 bits per heavy atom. The average Bonchev–Trinajstić information content (AvgIpc) is 2.88. The topological polar surface area (TPSA) is 66.8 Å². The molecule has 1 fully saturated rings. The van der Waals surface area contributed by atoms with Crippen molar-refractivity contribution in [1.82, 2.24) is 4.90 Å². The molecule has 0 radical (unpaired) electrons. The lowest BCUT2D eigenvalue weighted by Crippen LogP contribution is -2.27. The molecule has 1 heterocycles. The first kappa shape index (κ1) is 19.8. The molecular weight excluding hydrogens is 454 g/mol. The zero-order chi connectivity index (χ0) is 19.6. The van der Waals surface area contributed by atoms with Crippen LogP contribution in [0.1, 0.15) is 18.1 Å². The molecule has 2 amide bonds. The third kappa shape index (κ3) is 4.48. The highest BCUT2D eigenvalue weighted by atomic mass is 79.9. The summed E-state index contributed by atoms with van der Waals surface area (Å²) in [4.78, 5) is 26.5. The molecule has 2 aromatic rings. The number of thioether (sulfide) groups is 1. The number of hydrogen-bond acceptors (Lipinski definition) is 5. The minimum absolute atomic E-state index is 0.00304. The second-order valence-corrected chi connectivity index (χ2v) is 7.95. The zero-order valence-corrected chi connectivity index (χ0v) is 17.4. The molecule has 0 spiro atoms. The number of carbonyl (C=O) groups is 2. The molecule has 1 saturated heterocycles. The van der Waals surface area contributed by atoms with E-state index in [1.807, 2.05) is 6.92 Å². The van der Waals surface area contributed by atoms with Gasteiger partial charge in [0.05, 0.1) is 18.1 Å². The predicted molar refractivity (Wildman–Crippen MR) is 110 cm³/mol. The Labute approximate surface area is 174 Å². The molecule has 0 bridgehead atoms. The largest absolute Gasteiger partial charge is 0.504 e. The highest BCUT2D eigenvalue weighted by Crippen LogP contribution is 2.38. The summed E-state index contributed by atoms with van der Waals surface area (Å²) in [6.07, 6.45) is 1.61. The lowest BCUT2D eigenvalue weighted by atomic mass is 10.1. The van der Waals surface area contributed by atoms with Crippen molar-refractivity contribution in [2.75, 3.05) is 6.61 Å². The average molecular weight is 469 g/mol. The van der Waals surface area contributed by atoms with Gasteiger partial charge < -0.3 is 9.84 Å². The molecular formula is C19H15BrClNO4S. The van der Waals surface area contributed by atoms with Crippen molar-refractivity contribution in [3.63, 3.8) is 0 Å². The summed E-state index contributed by atoms with van der Waals surface area (Å²) in [6.45, 7) is 2.38. The number of phenolic OH excluding ortho intramolecular Hbond substituents is 1. The van der Waals surface area contributed by atoms with E-state index >= 15 is 0 Å². The number of aromatic hydroxyl groups is 1. The van der Waals surface area contributed by atoms with Crippen LogP contribution in [0.2, 0.25) is 5.02 Å². The van der Waals surface area contributed by atoms with E-state index in [0.717, 1.165) is 17.3 Å². The molecule has 2 aromatic carbocycles. The van der Waals surface area contributed by atoms with Crippen LogP contribution in [-0.2, 0) is 11.3 Å². The highest BCUT2D eigenvalue weighted by Gasteiger charge is 2.35. The molecule has 8 heteroatoms. The van der Waals surface area contributed by atoms with E-state index in [2.05, 4.69) is 15.9 Å². The minimum atomic E-state index is -0.363. The van der Waals surface area contributed by atoms with E-state index in [0.29, 0.717) is 32.3 Å². The van der Waals surface area contributed by atoms with Crippen molar-refractivity contribution in [3.8, 4) is 11.5 Å². The smallest absolute Gasteiger partial charge is 0.293 e.